The Labute approximate surface area is 152 Å². The normalized spacial score (nSPS) is 12.4. The van der Waals surface area contributed by atoms with E-state index in [0.29, 0.717) is 16.7 Å². The molecule has 0 fully saturated rings. The van der Waals surface area contributed by atoms with Crippen molar-refractivity contribution in [1.82, 2.24) is 10.3 Å². The largest absolute Gasteiger partial charge is 0.350 e. The molecule has 0 aliphatic heterocycles. The van der Waals surface area contributed by atoms with Crippen LogP contribution >= 0.6 is 11.3 Å². The Hall–Kier alpha value is -2.47. The summed E-state index contributed by atoms with van der Waals surface area (Å²) in [7, 11) is 0. The lowest BCUT2D eigenvalue weighted by molar-refractivity contribution is -0.117. The minimum absolute atomic E-state index is 0.106. The topological polar surface area (TPSA) is 62.3 Å². The first kappa shape index (κ1) is 18.9. The molecule has 2 rings (SSSR count). The highest BCUT2D eigenvalue weighted by Gasteiger charge is 2.17. The van der Waals surface area contributed by atoms with Crippen LogP contribution < -0.4 is 10.2 Å². The highest BCUT2D eigenvalue weighted by molar-refractivity contribution is 7.14. The zero-order chi connectivity index (χ0) is 18.4. The molecule has 132 valence electrons. The number of nitrogens with zero attached hydrogens (tertiary/aromatic N) is 2. The maximum Gasteiger partial charge on any atom is 0.244 e. The predicted octanol–water partition coefficient (Wildman–Crippen LogP) is 4.00. The van der Waals surface area contributed by atoms with E-state index in [0.717, 1.165) is 5.69 Å². The lowest BCUT2D eigenvalue weighted by Crippen LogP contribution is -2.34. The Balaban J connectivity index is 2.12. The quantitative estimate of drug-likeness (QED) is 0.795. The number of benzene rings is 1. The Bertz CT molecular complexity index is 753. The Morgan fingerprint density at radius 1 is 1.20 bits per heavy atom. The molecule has 0 bridgehead atoms. The Kier molecular flexibility index (Phi) is 6.47. The summed E-state index contributed by atoms with van der Waals surface area (Å²) < 4.78 is 0. The molecule has 5 nitrogen and oxygen atoms in total. The van der Waals surface area contributed by atoms with Crippen molar-refractivity contribution in [2.45, 2.75) is 33.7 Å². The van der Waals surface area contributed by atoms with Crippen LogP contribution in [-0.2, 0) is 9.59 Å². The molecule has 6 heteroatoms. The number of carbonyl (C=O) groups is 2. The number of amides is 2. The van der Waals surface area contributed by atoms with E-state index >= 15 is 0 Å². The number of hydrogen-bond acceptors (Lipinski definition) is 4. The van der Waals surface area contributed by atoms with Gasteiger partial charge in [-0.2, -0.15) is 0 Å². The van der Waals surface area contributed by atoms with Gasteiger partial charge in [-0.25, -0.2) is 4.98 Å². The van der Waals surface area contributed by atoms with Crippen LogP contribution in [0, 0.1) is 5.92 Å². The number of anilines is 2. The van der Waals surface area contributed by atoms with Gasteiger partial charge in [-0.15, -0.1) is 11.3 Å². The van der Waals surface area contributed by atoms with Gasteiger partial charge in [0.2, 0.25) is 11.8 Å². The number of thiazole rings is 1. The maximum absolute atomic E-state index is 12.0. The van der Waals surface area contributed by atoms with Crippen LogP contribution in [0.5, 0.6) is 0 Å². The smallest absolute Gasteiger partial charge is 0.244 e. The molecule has 1 unspecified atom stereocenters. The minimum atomic E-state index is -0.151. The van der Waals surface area contributed by atoms with E-state index in [1.54, 1.807) is 11.0 Å². The Morgan fingerprint density at radius 2 is 1.88 bits per heavy atom. The van der Waals surface area contributed by atoms with Crippen molar-refractivity contribution in [3.8, 4) is 0 Å². The third kappa shape index (κ3) is 5.26. The van der Waals surface area contributed by atoms with Crippen molar-refractivity contribution < 1.29 is 9.59 Å². The molecule has 1 atom stereocenters. The summed E-state index contributed by atoms with van der Waals surface area (Å²) in [5.74, 6) is 0.111. The standard InChI is InChI=1S/C19H23N3O2S/c1-13(2)14(3)20-18(24)11-10-16-12-25-19(21-16)22(15(4)23)17-8-6-5-7-9-17/h5-14H,1-4H3,(H,20,24). The highest BCUT2D eigenvalue weighted by atomic mass is 32.1. The lowest BCUT2D eigenvalue weighted by atomic mass is 10.1. The van der Waals surface area contributed by atoms with Gasteiger partial charge in [0.05, 0.1) is 11.4 Å². The molecule has 2 amide bonds. The molecule has 1 aromatic heterocycles. The van der Waals surface area contributed by atoms with Gasteiger partial charge in [0.15, 0.2) is 5.13 Å². The molecule has 1 aromatic carbocycles. The Morgan fingerprint density at radius 3 is 2.48 bits per heavy atom. The molecular formula is C19H23N3O2S. The first-order valence-electron chi connectivity index (χ1n) is 8.18. The second-order valence-electron chi connectivity index (χ2n) is 6.12. The zero-order valence-corrected chi connectivity index (χ0v) is 15.7. The molecule has 25 heavy (non-hydrogen) atoms. The van der Waals surface area contributed by atoms with E-state index in [1.165, 1.54) is 24.3 Å². The fourth-order valence-corrected chi connectivity index (χ4v) is 2.91. The van der Waals surface area contributed by atoms with E-state index in [2.05, 4.69) is 24.1 Å². The van der Waals surface area contributed by atoms with Crippen molar-refractivity contribution in [1.29, 1.82) is 0 Å². The molecule has 2 aromatic rings. The average Bonchev–Trinajstić information content (AvgIpc) is 3.02. The summed E-state index contributed by atoms with van der Waals surface area (Å²) in [6.07, 6.45) is 3.13. The van der Waals surface area contributed by atoms with Gasteiger partial charge in [0.1, 0.15) is 0 Å². The number of aromatic nitrogens is 1. The third-order valence-corrected chi connectivity index (χ3v) is 4.65. The van der Waals surface area contributed by atoms with Gasteiger partial charge < -0.3 is 5.32 Å². The molecule has 0 aliphatic rings. The fraction of sp³-hybridized carbons (Fsp3) is 0.316. The van der Waals surface area contributed by atoms with Crippen LogP contribution in [0.4, 0.5) is 10.8 Å². The molecule has 1 heterocycles. The monoisotopic (exact) mass is 357 g/mol. The van der Waals surface area contributed by atoms with Crippen LogP contribution in [0.3, 0.4) is 0 Å². The summed E-state index contributed by atoms with van der Waals surface area (Å²) in [6.45, 7) is 7.59. The summed E-state index contributed by atoms with van der Waals surface area (Å²) in [4.78, 5) is 29.9. The van der Waals surface area contributed by atoms with Crippen molar-refractivity contribution in [2.24, 2.45) is 5.92 Å². The number of para-hydroxylation sites is 1. The molecule has 0 spiro atoms. The van der Waals surface area contributed by atoms with E-state index in [1.807, 2.05) is 42.6 Å². The van der Waals surface area contributed by atoms with E-state index < -0.39 is 0 Å². The SMILES string of the molecule is CC(=O)N(c1ccccc1)c1nc(C=CC(=O)NC(C)C(C)C)cs1. The second-order valence-corrected chi connectivity index (χ2v) is 6.96. The highest BCUT2D eigenvalue weighted by Crippen LogP contribution is 2.28. The molecular weight excluding hydrogens is 334 g/mol. The average molecular weight is 357 g/mol. The van der Waals surface area contributed by atoms with Gasteiger partial charge in [0, 0.05) is 24.4 Å². The number of rotatable bonds is 6. The number of carbonyl (C=O) groups excluding carboxylic acids is 2. The van der Waals surface area contributed by atoms with Crippen molar-refractivity contribution in [3.05, 3.63) is 47.5 Å². The van der Waals surface area contributed by atoms with E-state index in [4.69, 9.17) is 0 Å². The number of hydrogen-bond donors (Lipinski definition) is 1. The predicted molar refractivity (Wildman–Crippen MR) is 103 cm³/mol. The molecule has 0 saturated carbocycles. The van der Waals surface area contributed by atoms with Crippen molar-refractivity contribution >= 4 is 40.0 Å². The second kappa shape index (κ2) is 8.58. The van der Waals surface area contributed by atoms with Crippen LogP contribution in [0.25, 0.3) is 6.08 Å². The lowest BCUT2D eigenvalue weighted by Gasteiger charge is -2.17. The van der Waals surface area contributed by atoms with Crippen molar-refractivity contribution in [2.75, 3.05) is 4.90 Å². The van der Waals surface area contributed by atoms with Crippen LogP contribution in [0.2, 0.25) is 0 Å². The van der Waals surface area contributed by atoms with Gasteiger partial charge >= 0.3 is 0 Å². The van der Waals surface area contributed by atoms with Gasteiger partial charge in [-0.3, -0.25) is 14.5 Å². The van der Waals surface area contributed by atoms with E-state index in [9.17, 15) is 9.59 Å². The summed E-state index contributed by atoms with van der Waals surface area (Å²) in [5.41, 5.74) is 1.41. The van der Waals surface area contributed by atoms with Crippen molar-refractivity contribution in [3.63, 3.8) is 0 Å². The van der Waals surface area contributed by atoms with Gasteiger partial charge in [0.25, 0.3) is 0 Å². The van der Waals surface area contributed by atoms with Gasteiger partial charge in [-0.1, -0.05) is 32.0 Å². The third-order valence-electron chi connectivity index (χ3n) is 3.81. The summed E-state index contributed by atoms with van der Waals surface area (Å²) in [6, 6.07) is 9.47. The fourth-order valence-electron chi connectivity index (χ4n) is 2.06. The van der Waals surface area contributed by atoms with Crippen LogP contribution in [0.15, 0.2) is 41.8 Å². The first-order chi connectivity index (χ1) is 11.9. The van der Waals surface area contributed by atoms with Gasteiger partial charge in [-0.05, 0) is 31.1 Å². The molecule has 1 N–H and O–H groups in total. The minimum Gasteiger partial charge on any atom is -0.350 e. The molecule has 0 aliphatic carbocycles. The van der Waals surface area contributed by atoms with E-state index in [-0.39, 0.29) is 17.9 Å². The first-order valence-corrected chi connectivity index (χ1v) is 9.06. The summed E-state index contributed by atoms with van der Waals surface area (Å²) in [5, 5.41) is 5.31. The molecule has 0 radical (unpaired) electrons. The maximum atomic E-state index is 12.0. The van der Waals surface area contributed by atoms with Crippen LogP contribution in [0.1, 0.15) is 33.4 Å². The number of nitrogens with one attached hydrogen (secondary N) is 1. The zero-order valence-electron chi connectivity index (χ0n) is 14.9. The molecule has 0 saturated heterocycles. The van der Waals surface area contributed by atoms with Crippen LogP contribution in [-0.4, -0.2) is 22.8 Å². The summed E-state index contributed by atoms with van der Waals surface area (Å²) >= 11 is 1.36.